The second-order valence-corrected chi connectivity index (χ2v) is 6.45. The molecule has 22 heavy (non-hydrogen) atoms. The van der Waals surface area contributed by atoms with Crippen LogP contribution >= 0.6 is 0 Å². The SMILES string of the molecule is Cn1c(N)nc2nc(-c3ccc(C(C)(C)C)cc3)[nH]c2c1=O. The van der Waals surface area contributed by atoms with Crippen LogP contribution in [0.2, 0.25) is 0 Å². The first-order chi connectivity index (χ1) is 10.3. The van der Waals surface area contributed by atoms with E-state index in [2.05, 4.69) is 47.9 Å². The van der Waals surface area contributed by atoms with E-state index in [0.717, 1.165) is 5.56 Å². The highest BCUT2D eigenvalue weighted by molar-refractivity contribution is 5.76. The van der Waals surface area contributed by atoms with E-state index in [4.69, 9.17) is 5.73 Å². The Morgan fingerprint density at radius 3 is 2.36 bits per heavy atom. The van der Waals surface area contributed by atoms with Gasteiger partial charge in [0.1, 0.15) is 5.82 Å². The summed E-state index contributed by atoms with van der Waals surface area (Å²) in [7, 11) is 1.59. The van der Waals surface area contributed by atoms with Gasteiger partial charge >= 0.3 is 0 Å². The molecule has 0 saturated carbocycles. The third-order valence-electron chi connectivity index (χ3n) is 3.79. The van der Waals surface area contributed by atoms with E-state index in [-0.39, 0.29) is 16.9 Å². The van der Waals surface area contributed by atoms with Gasteiger partial charge in [-0.2, -0.15) is 4.98 Å². The zero-order valence-corrected chi connectivity index (χ0v) is 13.1. The van der Waals surface area contributed by atoms with Crippen LogP contribution in [0.5, 0.6) is 0 Å². The molecule has 2 heterocycles. The smallest absolute Gasteiger partial charge is 0.280 e. The van der Waals surface area contributed by atoms with Crippen LogP contribution in [0.3, 0.4) is 0 Å². The summed E-state index contributed by atoms with van der Waals surface area (Å²) in [5.74, 6) is 0.768. The molecule has 114 valence electrons. The van der Waals surface area contributed by atoms with Crippen LogP contribution in [0, 0.1) is 0 Å². The van der Waals surface area contributed by atoms with Crippen LogP contribution in [0.1, 0.15) is 26.3 Å². The number of nitrogen functional groups attached to an aromatic ring is 1. The predicted octanol–water partition coefficient (Wildman–Crippen LogP) is 2.20. The molecule has 0 radical (unpaired) electrons. The van der Waals surface area contributed by atoms with Crippen LogP contribution < -0.4 is 11.3 Å². The molecule has 0 unspecified atom stereocenters. The summed E-state index contributed by atoms with van der Waals surface area (Å²) in [4.78, 5) is 23.7. The molecule has 2 aromatic heterocycles. The van der Waals surface area contributed by atoms with Gasteiger partial charge in [-0.3, -0.25) is 9.36 Å². The molecule has 3 N–H and O–H groups in total. The third-order valence-corrected chi connectivity index (χ3v) is 3.79. The Morgan fingerprint density at radius 2 is 1.77 bits per heavy atom. The minimum absolute atomic E-state index is 0.0956. The number of nitrogens with one attached hydrogen (secondary N) is 1. The molecule has 0 aliphatic rings. The topological polar surface area (TPSA) is 89.6 Å². The fourth-order valence-electron chi connectivity index (χ4n) is 2.31. The molecule has 0 aliphatic heterocycles. The average Bonchev–Trinajstić information content (AvgIpc) is 2.88. The molecule has 0 bridgehead atoms. The van der Waals surface area contributed by atoms with Gasteiger partial charge in [0.25, 0.3) is 5.56 Å². The lowest BCUT2D eigenvalue weighted by Gasteiger charge is -2.18. The number of imidazole rings is 1. The molecule has 3 aromatic rings. The summed E-state index contributed by atoms with van der Waals surface area (Å²) in [6, 6.07) is 8.13. The molecule has 3 rings (SSSR count). The van der Waals surface area contributed by atoms with Crippen molar-refractivity contribution in [1.29, 1.82) is 0 Å². The molecular formula is C16H19N5O. The Hall–Kier alpha value is -2.63. The summed E-state index contributed by atoms with van der Waals surface area (Å²) in [6.07, 6.45) is 0. The number of nitrogens with zero attached hydrogens (tertiary/aromatic N) is 3. The summed E-state index contributed by atoms with van der Waals surface area (Å²) in [5.41, 5.74) is 8.43. The number of fused-ring (bicyclic) bond motifs is 1. The quantitative estimate of drug-likeness (QED) is 0.720. The van der Waals surface area contributed by atoms with E-state index in [9.17, 15) is 4.79 Å². The Balaban J connectivity index is 2.11. The van der Waals surface area contributed by atoms with Crippen molar-refractivity contribution >= 4 is 17.1 Å². The Bertz CT molecular complexity index is 897. The summed E-state index contributed by atoms with van der Waals surface area (Å²) < 4.78 is 1.30. The summed E-state index contributed by atoms with van der Waals surface area (Å²) in [6.45, 7) is 6.50. The molecular weight excluding hydrogens is 278 g/mol. The van der Waals surface area contributed by atoms with Gasteiger partial charge in [-0.25, -0.2) is 4.98 Å². The normalized spacial score (nSPS) is 12.0. The van der Waals surface area contributed by atoms with Gasteiger partial charge in [-0.05, 0) is 11.0 Å². The van der Waals surface area contributed by atoms with Gasteiger partial charge in [-0.15, -0.1) is 0 Å². The van der Waals surface area contributed by atoms with E-state index < -0.39 is 0 Å². The number of anilines is 1. The highest BCUT2D eigenvalue weighted by Crippen LogP contribution is 2.25. The van der Waals surface area contributed by atoms with Crippen molar-refractivity contribution in [3.05, 3.63) is 40.2 Å². The number of hydrogen-bond donors (Lipinski definition) is 2. The van der Waals surface area contributed by atoms with Gasteiger partial charge in [0.05, 0.1) is 0 Å². The molecule has 6 nitrogen and oxygen atoms in total. The van der Waals surface area contributed by atoms with E-state index in [0.29, 0.717) is 17.0 Å². The second kappa shape index (κ2) is 4.69. The zero-order valence-electron chi connectivity index (χ0n) is 13.1. The number of nitrogens with two attached hydrogens (primary N) is 1. The number of rotatable bonds is 1. The monoisotopic (exact) mass is 297 g/mol. The Kier molecular flexibility index (Phi) is 3.05. The predicted molar refractivity (Wildman–Crippen MR) is 87.7 cm³/mol. The first-order valence-corrected chi connectivity index (χ1v) is 7.10. The van der Waals surface area contributed by atoms with E-state index in [1.165, 1.54) is 10.1 Å². The molecule has 0 amide bonds. The lowest BCUT2D eigenvalue weighted by atomic mass is 9.87. The highest BCUT2D eigenvalue weighted by atomic mass is 16.1. The fraction of sp³-hybridized carbons (Fsp3) is 0.312. The molecule has 6 heteroatoms. The van der Waals surface area contributed by atoms with Crippen LogP contribution in [-0.4, -0.2) is 19.5 Å². The minimum Gasteiger partial charge on any atom is -0.369 e. The summed E-state index contributed by atoms with van der Waals surface area (Å²) in [5, 5.41) is 0. The van der Waals surface area contributed by atoms with Crippen LogP contribution in [0.4, 0.5) is 5.95 Å². The van der Waals surface area contributed by atoms with Crippen LogP contribution in [0.15, 0.2) is 29.1 Å². The molecule has 0 atom stereocenters. The minimum atomic E-state index is -0.229. The molecule has 0 aliphatic carbocycles. The van der Waals surface area contributed by atoms with E-state index >= 15 is 0 Å². The number of aromatic nitrogens is 4. The average molecular weight is 297 g/mol. The molecule has 1 aromatic carbocycles. The van der Waals surface area contributed by atoms with Crippen molar-refractivity contribution in [2.24, 2.45) is 7.05 Å². The Morgan fingerprint density at radius 1 is 1.14 bits per heavy atom. The lowest BCUT2D eigenvalue weighted by molar-refractivity contribution is 0.590. The van der Waals surface area contributed by atoms with Crippen molar-refractivity contribution in [2.45, 2.75) is 26.2 Å². The maximum atomic E-state index is 12.2. The van der Waals surface area contributed by atoms with Crippen molar-refractivity contribution in [1.82, 2.24) is 19.5 Å². The second-order valence-electron chi connectivity index (χ2n) is 6.45. The number of hydrogen-bond acceptors (Lipinski definition) is 4. The first kappa shape index (κ1) is 14.3. The Labute approximate surface area is 128 Å². The summed E-state index contributed by atoms with van der Waals surface area (Å²) >= 11 is 0. The van der Waals surface area contributed by atoms with Gasteiger partial charge < -0.3 is 10.7 Å². The fourth-order valence-corrected chi connectivity index (χ4v) is 2.31. The first-order valence-electron chi connectivity index (χ1n) is 7.10. The number of benzene rings is 1. The maximum absolute atomic E-state index is 12.2. The van der Waals surface area contributed by atoms with Gasteiger partial charge in [0, 0.05) is 12.6 Å². The maximum Gasteiger partial charge on any atom is 0.280 e. The standard InChI is InChI=1S/C16H19N5O/c1-16(2,3)10-7-5-9(6-8-10)12-18-11-13(19-12)20-15(17)21(4)14(11)22/h5-8H,1-4H3,(H2,17,20)(H,18,19). The van der Waals surface area contributed by atoms with Gasteiger partial charge in [0.2, 0.25) is 5.95 Å². The van der Waals surface area contributed by atoms with Crippen molar-refractivity contribution in [2.75, 3.05) is 5.73 Å². The van der Waals surface area contributed by atoms with Crippen molar-refractivity contribution in [3.8, 4) is 11.4 Å². The number of H-pyrrole nitrogens is 1. The van der Waals surface area contributed by atoms with E-state index in [1.807, 2.05) is 12.1 Å². The largest absolute Gasteiger partial charge is 0.369 e. The molecule has 0 fully saturated rings. The van der Waals surface area contributed by atoms with Crippen LogP contribution in [0.25, 0.3) is 22.6 Å². The highest BCUT2D eigenvalue weighted by Gasteiger charge is 2.15. The van der Waals surface area contributed by atoms with Crippen molar-refractivity contribution in [3.63, 3.8) is 0 Å². The molecule has 0 saturated heterocycles. The van der Waals surface area contributed by atoms with Crippen molar-refractivity contribution < 1.29 is 0 Å². The zero-order chi connectivity index (χ0) is 16.1. The van der Waals surface area contributed by atoms with E-state index in [1.54, 1.807) is 7.05 Å². The lowest BCUT2D eigenvalue weighted by Crippen LogP contribution is -2.21. The van der Waals surface area contributed by atoms with Gasteiger partial charge in [-0.1, -0.05) is 45.0 Å². The third kappa shape index (κ3) is 2.26. The molecule has 0 spiro atoms. The van der Waals surface area contributed by atoms with Crippen LogP contribution in [-0.2, 0) is 12.5 Å². The number of aromatic amines is 1. The van der Waals surface area contributed by atoms with Gasteiger partial charge in [0.15, 0.2) is 11.2 Å².